The number of alkyl halides is 3. The van der Waals surface area contributed by atoms with Crippen molar-refractivity contribution in [3.63, 3.8) is 0 Å². The van der Waals surface area contributed by atoms with Crippen LogP contribution in [0.3, 0.4) is 0 Å². The van der Waals surface area contributed by atoms with Gasteiger partial charge in [0.2, 0.25) is 0 Å². The predicted molar refractivity (Wildman–Crippen MR) is 61.5 cm³/mol. The average molecular weight is 252 g/mol. The molecule has 4 heteroatoms. The van der Waals surface area contributed by atoms with Crippen molar-refractivity contribution in [1.29, 1.82) is 0 Å². The second kappa shape index (κ2) is 4.11. The van der Waals surface area contributed by atoms with E-state index in [0.29, 0.717) is 17.6 Å². The van der Waals surface area contributed by atoms with Crippen LogP contribution in [0.2, 0.25) is 0 Å². The summed E-state index contributed by atoms with van der Waals surface area (Å²) >= 11 is 1.91. The first-order chi connectivity index (χ1) is 7.29. The maximum atomic E-state index is 12.8. The molecule has 1 saturated carbocycles. The maximum Gasteiger partial charge on any atom is 0.393 e. The van der Waals surface area contributed by atoms with Gasteiger partial charge in [0, 0.05) is 5.25 Å². The van der Waals surface area contributed by atoms with Gasteiger partial charge in [-0.3, -0.25) is 0 Å². The largest absolute Gasteiger partial charge is 0.393 e. The summed E-state index contributed by atoms with van der Waals surface area (Å²) in [4.78, 5) is 0. The number of thioether (sulfide) groups is 1. The van der Waals surface area contributed by atoms with Crippen LogP contribution in [-0.2, 0) is 0 Å². The third-order valence-corrected chi connectivity index (χ3v) is 5.82. The van der Waals surface area contributed by atoms with Crippen molar-refractivity contribution in [2.24, 2.45) is 17.3 Å². The van der Waals surface area contributed by atoms with E-state index in [0.717, 1.165) is 12.8 Å². The van der Waals surface area contributed by atoms with Gasteiger partial charge in [-0.05, 0) is 43.3 Å². The normalized spacial score (nSPS) is 35.4. The number of hydrogen-bond acceptors (Lipinski definition) is 1. The topological polar surface area (TPSA) is 0 Å². The van der Waals surface area contributed by atoms with E-state index in [1.807, 2.05) is 11.8 Å². The molecule has 3 fully saturated rings. The van der Waals surface area contributed by atoms with E-state index in [4.69, 9.17) is 0 Å². The Balaban J connectivity index is 2.00. The van der Waals surface area contributed by atoms with Crippen LogP contribution in [0.25, 0.3) is 0 Å². The molecule has 0 aromatic heterocycles. The summed E-state index contributed by atoms with van der Waals surface area (Å²) in [5.74, 6) is 2.14. The summed E-state index contributed by atoms with van der Waals surface area (Å²) in [6.45, 7) is 2.69. The first-order valence-corrected chi connectivity index (χ1v) is 7.03. The molecule has 2 bridgehead atoms. The van der Waals surface area contributed by atoms with Gasteiger partial charge >= 0.3 is 6.18 Å². The van der Waals surface area contributed by atoms with Gasteiger partial charge in [0.15, 0.2) is 0 Å². The second-order valence-electron chi connectivity index (χ2n) is 5.90. The Kier molecular flexibility index (Phi) is 3.23. The zero-order valence-electron chi connectivity index (χ0n) is 9.81. The van der Waals surface area contributed by atoms with E-state index >= 15 is 0 Å². The van der Waals surface area contributed by atoms with Gasteiger partial charge in [0.1, 0.15) is 0 Å². The Bertz CT molecular complexity index is 251. The molecule has 0 amide bonds. The summed E-state index contributed by atoms with van der Waals surface area (Å²) in [5.41, 5.74) is -1.52. The van der Waals surface area contributed by atoms with Gasteiger partial charge in [-0.25, -0.2) is 0 Å². The zero-order valence-corrected chi connectivity index (χ0v) is 10.6. The van der Waals surface area contributed by atoms with E-state index in [1.165, 1.54) is 26.0 Å². The Morgan fingerprint density at radius 3 is 2.25 bits per heavy atom. The molecule has 94 valence electrons. The SMILES string of the molecule is CC(C)(CC1CC2CCC1SC2)C(F)(F)F. The van der Waals surface area contributed by atoms with Crippen molar-refractivity contribution in [3.8, 4) is 0 Å². The summed E-state index contributed by atoms with van der Waals surface area (Å²) < 4.78 is 38.5. The molecular formula is C12H19F3S. The van der Waals surface area contributed by atoms with Crippen molar-refractivity contribution < 1.29 is 13.2 Å². The van der Waals surface area contributed by atoms with Gasteiger partial charge in [0.05, 0.1) is 5.41 Å². The van der Waals surface area contributed by atoms with Gasteiger partial charge in [-0.15, -0.1) is 0 Å². The Hall–Kier alpha value is 0.140. The summed E-state index contributed by atoms with van der Waals surface area (Å²) in [7, 11) is 0. The van der Waals surface area contributed by atoms with Crippen LogP contribution < -0.4 is 0 Å². The third kappa shape index (κ3) is 2.36. The maximum absolute atomic E-state index is 12.8. The van der Waals surface area contributed by atoms with Gasteiger partial charge in [-0.1, -0.05) is 13.8 Å². The fraction of sp³-hybridized carbons (Fsp3) is 1.00. The van der Waals surface area contributed by atoms with Crippen molar-refractivity contribution in [2.75, 3.05) is 5.75 Å². The highest BCUT2D eigenvalue weighted by Gasteiger charge is 2.50. The molecule has 0 aromatic rings. The minimum absolute atomic E-state index is 0.286. The van der Waals surface area contributed by atoms with Crippen molar-refractivity contribution in [1.82, 2.24) is 0 Å². The Labute approximate surface area is 99.4 Å². The van der Waals surface area contributed by atoms with E-state index in [1.54, 1.807) is 0 Å². The Morgan fingerprint density at radius 1 is 1.19 bits per heavy atom. The molecule has 3 unspecified atom stereocenters. The van der Waals surface area contributed by atoms with Crippen LogP contribution in [0.4, 0.5) is 13.2 Å². The zero-order chi connectivity index (χ0) is 12.0. The highest BCUT2D eigenvalue weighted by molar-refractivity contribution is 8.00. The van der Waals surface area contributed by atoms with E-state index in [-0.39, 0.29) is 5.92 Å². The molecule has 0 radical (unpaired) electrons. The van der Waals surface area contributed by atoms with E-state index < -0.39 is 11.6 Å². The second-order valence-corrected chi connectivity index (χ2v) is 7.17. The summed E-state index contributed by atoms with van der Waals surface area (Å²) in [5, 5.41) is 0.492. The number of rotatable bonds is 2. The monoisotopic (exact) mass is 252 g/mol. The molecule has 3 atom stereocenters. The molecule has 2 saturated heterocycles. The van der Waals surface area contributed by atoms with E-state index in [2.05, 4.69) is 0 Å². The molecular weight excluding hydrogens is 233 g/mol. The molecule has 2 heterocycles. The fourth-order valence-corrected chi connectivity index (χ4v) is 4.55. The molecule has 0 nitrogen and oxygen atoms in total. The number of halogens is 3. The van der Waals surface area contributed by atoms with E-state index in [9.17, 15) is 13.2 Å². The molecule has 2 aliphatic heterocycles. The molecule has 0 aromatic carbocycles. The van der Waals surface area contributed by atoms with Gasteiger partial charge in [-0.2, -0.15) is 24.9 Å². The lowest BCUT2D eigenvalue weighted by atomic mass is 9.72. The van der Waals surface area contributed by atoms with Crippen LogP contribution in [0.15, 0.2) is 0 Å². The Morgan fingerprint density at radius 2 is 1.88 bits per heavy atom. The van der Waals surface area contributed by atoms with Crippen LogP contribution in [0.5, 0.6) is 0 Å². The van der Waals surface area contributed by atoms with Crippen LogP contribution in [0, 0.1) is 17.3 Å². The lowest BCUT2D eigenvalue weighted by Crippen LogP contribution is -2.41. The fourth-order valence-electron chi connectivity index (χ4n) is 2.95. The number of fused-ring (bicyclic) bond motifs is 3. The highest BCUT2D eigenvalue weighted by atomic mass is 32.2. The van der Waals surface area contributed by atoms with Crippen molar-refractivity contribution in [2.45, 2.75) is 51.0 Å². The first-order valence-electron chi connectivity index (χ1n) is 5.98. The third-order valence-electron chi connectivity index (χ3n) is 4.11. The standard InChI is InChI=1S/C12H19F3S/c1-11(2,12(13,14)15)6-9-5-8-3-4-10(9)16-7-8/h8-10H,3-7H2,1-2H3. The minimum atomic E-state index is -4.06. The highest BCUT2D eigenvalue weighted by Crippen LogP contribution is 2.51. The van der Waals surface area contributed by atoms with Crippen molar-refractivity contribution >= 4 is 11.8 Å². The van der Waals surface area contributed by atoms with Crippen LogP contribution in [-0.4, -0.2) is 17.2 Å². The summed E-state index contributed by atoms with van der Waals surface area (Å²) in [6.07, 6.45) is -0.356. The molecule has 3 rings (SSSR count). The minimum Gasteiger partial charge on any atom is -0.171 e. The summed E-state index contributed by atoms with van der Waals surface area (Å²) in [6, 6.07) is 0. The number of hydrogen-bond donors (Lipinski definition) is 0. The lowest BCUT2D eigenvalue weighted by Gasteiger charge is -2.44. The molecule has 1 aliphatic carbocycles. The molecule has 3 aliphatic rings. The first kappa shape index (κ1) is 12.6. The predicted octanol–water partition coefficient (Wildman–Crippen LogP) is 4.50. The smallest absolute Gasteiger partial charge is 0.171 e. The molecule has 0 spiro atoms. The molecule has 16 heavy (non-hydrogen) atoms. The van der Waals surface area contributed by atoms with Gasteiger partial charge in [0.25, 0.3) is 0 Å². The van der Waals surface area contributed by atoms with Gasteiger partial charge < -0.3 is 0 Å². The van der Waals surface area contributed by atoms with Crippen LogP contribution >= 0.6 is 11.8 Å². The average Bonchev–Trinajstić information content (AvgIpc) is 2.17. The quantitative estimate of drug-likeness (QED) is 0.697. The molecule has 0 N–H and O–H groups in total. The van der Waals surface area contributed by atoms with Crippen LogP contribution in [0.1, 0.15) is 39.5 Å². The lowest BCUT2D eigenvalue weighted by molar-refractivity contribution is -0.218. The van der Waals surface area contributed by atoms with Crippen molar-refractivity contribution in [3.05, 3.63) is 0 Å².